The summed E-state index contributed by atoms with van der Waals surface area (Å²) >= 11 is 0. The molecule has 30 heteroatoms. The highest BCUT2D eigenvalue weighted by atomic mass is 16.4. The second-order valence-corrected chi connectivity index (χ2v) is 17.9. The first kappa shape index (κ1) is 65.6. The van der Waals surface area contributed by atoms with Gasteiger partial charge in [-0.15, -0.1) is 0 Å². The number of rotatable bonds is 34. The van der Waals surface area contributed by atoms with Gasteiger partial charge >= 0.3 is 5.97 Å². The van der Waals surface area contributed by atoms with Gasteiger partial charge in [-0.05, 0) is 48.9 Å². The van der Waals surface area contributed by atoms with Crippen LogP contribution in [0.1, 0.15) is 57.6 Å². The van der Waals surface area contributed by atoms with E-state index in [9.17, 15) is 78.3 Å². The van der Waals surface area contributed by atoms with Crippen LogP contribution in [-0.2, 0) is 65.6 Å². The molecule has 2 aromatic carbocycles. The normalized spacial score (nSPS) is 14.7. The van der Waals surface area contributed by atoms with E-state index in [0.717, 1.165) is 6.92 Å². The Bertz CT molecular complexity index is 2410. The number of hydrogen-bond acceptors (Lipinski definition) is 17. The van der Waals surface area contributed by atoms with Gasteiger partial charge in [0.05, 0.1) is 38.8 Å². The number of nitrogens with one attached hydrogen (secondary N) is 9. The van der Waals surface area contributed by atoms with Crippen molar-refractivity contribution < 1.29 is 78.3 Å². The average molecular weight is 1100 g/mol. The molecule has 0 saturated carbocycles. The number of guanidine groups is 1. The molecule has 0 aromatic heterocycles. The number of aliphatic carboxylic acids is 1. The fraction of sp³-hybridized carbons (Fsp3) is 0.500. The van der Waals surface area contributed by atoms with Crippen molar-refractivity contribution in [3.8, 4) is 5.75 Å². The molecule has 10 amide bonds. The number of carbonyl (C=O) groups is 11. The Morgan fingerprint density at radius 1 is 0.577 bits per heavy atom. The Morgan fingerprint density at radius 2 is 1.05 bits per heavy atom. The van der Waals surface area contributed by atoms with Crippen LogP contribution in [0.2, 0.25) is 0 Å². The monoisotopic (exact) mass is 1100 g/mol. The molecule has 0 bridgehead atoms. The molecule has 2 rings (SSSR count). The van der Waals surface area contributed by atoms with Crippen LogP contribution < -0.4 is 70.8 Å². The first-order valence-electron chi connectivity index (χ1n) is 24.5. The number of benzene rings is 2. The third-order valence-corrected chi connectivity index (χ3v) is 11.7. The molecule has 0 heterocycles. The van der Waals surface area contributed by atoms with Gasteiger partial charge in [0.1, 0.15) is 54.1 Å². The van der Waals surface area contributed by atoms with Crippen molar-refractivity contribution in [3.63, 3.8) is 0 Å². The molecule has 0 aliphatic heterocycles. The van der Waals surface area contributed by atoms with E-state index in [1.807, 2.05) is 0 Å². The third-order valence-electron chi connectivity index (χ3n) is 11.7. The van der Waals surface area contributed by atoms with Crippen LogP contribution in [0.4, 0.5) is 0 Å². The zero-order valence-corrected chi connectivity index (χ0v) is 43.2. The lowest BCUT2D eigenvalue weighted by molar-refractivity contribution is -0.142. The highest BCUT2D eigenvalue weighted by molar-refractivity contribution is 5.99. The number of aliphatic hydroxyl groups is 3. The van der Waals surface area contributed by atoms with E-state index in [1.165, 1.54) is 24.3 Å². The van der Waals surface area contributed by atoms with Crippen molar-refractivity contribution in [2.45, 2.75) is 114 Å². The Hall–Kier alpha value is -8.48. The highest BCUT2D eigenvalue weighted by Crippen LogP contribution is 2.14. The molecule has 0 saturated heterocycles. The van der Waals surface area contributed by atoms with E-state index in [-0.39, 0.29) is 50.4 Å². The molecule has 78 heavy (non-hydrogen) atoms. The van der Waals surface area contributed by atoms with Crippen LogP contribution in [0.25, 0.3) is 0 Å². The maximum absolute atomic E-state index is 14.0. The Labute approximate surface area is 448 Å². The van der Waals surface area contributed by atoms with E-state index >= 15 is 0 Å². The second kappa shape index (κ2) is 33.5. The summed E-state index contributed by atoms with van der Waals surface area (Å²) < 4.78 is 0. The Balaban J connectivity index is 2.39. The minimum Gasteiger partial charge on any atom is -0.508 e. The van der Waals surface area contributed by atoms with Gasteiger partial charge in [0.15, 0.2) is 5.96 Å². The van der Waals surface area contributed by atoms with E-state index in [1.54, 1.807) is 44.2 Å². The molecule has 30 nitrogen and oxygen atoms in total. The van der Waals surface area contributed by atoms with Crippen molar-refractivity contribution in [1.82, 2.24) is 47.9 Å². The number of aliphatic hydroxyl groups excluding tert-OH is 3. The lowest BCUT2D eigenvalue weighted by Crippen LogP contribution is -2.63. The standard InChI is InChI=1S/C48H72N14O16/c1-4-24(2)38(61-44(74)33(22-63)55-37(69)21-54-36(68)20-49)45(75)62-39(25(3)65)46(76)56-29(11-8-16-53-48(51)52)40(70)58-31(19-35(50)67)42(72)60-34(23-64)43(73)57-30(17-27-12-14-28(66)15-13-27)41(71)59-32(47(77)78)18-26-9-6-5-7-10-26/h5-7,9-10,12-15,24-25,29-34,38-39,63-66H,4,8,11,16-23,49H2,1-3H3,(H2,50,67)(H,54,68)(H,55,69)(H,56,76)(H,57,73)(H,58,70)(H,59,71)(H,60,72)(H,61,74)(H,62,75)(H,77,78)(H4,51,52,53)/t24-,25+,29-,30-,31-,32-,33-,34-,38-,39-/m0/s1. The largest absolute Gasteiger partial charge is 0.508 e. The maximum Gasteiger partial charge on any atom is 0.326 e. The van der Waals surface area contributed by atoms with Gasteiger partial charge < -0.3 is 96.3 Å². The van der Waals surface area contributed by atoms with Crippen molar-refractivity contribution in [3.05, 3.63) is 65.7 Å². The molecule has 10 atom stereocenters. The number of hydrogen-bond donors (Lipinski definition) is 18. The first-order valence-corrected chi connectivity index (χ1v) is 24.5. The molecular formula is C48H72N14O16. The van der Waals surface area contributed by atoms with Gasteiger partial charge in [0, 0.05) is 19.4 Å². The summed E-state index contributed by atoms with van der Waals surface area (Å²) in [5, 5.41) is 71.4. The number of phenolic OH excluding ortho intramolecular Hbond substituents is 1. The van der Waals surface area contributed by atoms with Crippen molar-refractivity contribution >= 4 is 71.0 Å². The van der Waals surface area contributed by atoms with Crippen molar-refractivity contribution in [2.75, 3.05) is 32.8 Å². The lowest BCUT2D eigenvalue weighted by atomic mass is 9.97. The number of amides is 10. The molecule has 0 radical (unpaired) electrons. The van der Waals surface area contributed by atoms with Crippen LogP contribution in [0.15, 0.2) is 59.6 Å². The molecule has 2 aromatic rings. The predicted molar refractivity (Wildman–Crippen MR) is 276 cm³/mol. The minimum absolute atomic E-state index is 0.0379. The quantitative estimate of drug-likeness (QED) is 0.0176. The van der Waals surface area contributed by atoms with Crippen molar-refractivity contribution in [1.29, 1.82) is 0 Å². The molecular weight excluding hydrogens is 1030 g/mol. The number of nitrogens with zero attached hydrogens (tertiary/aromatic N) is 1. The van der Waals surface area contributed by atoms with E-state index in [4.69, 9.17) is 22.9 Å². The summed E-state index contributed by atoms with van der Waals surface area (Å²) in [6.07, 6.45) is -3.18. The second-order valence-electron chi connectivity index (χ2n) is 17.9. The highest BCUT2D eigenvalue weighted by Gasteiger charge is 2.37. The zero-order valence-electron chi connectivity index (χ0n) is 43.2. The SMILES string of the molecule is CC[C@H](C)[C@H](NC(=O)[C@H](CO)NC(=O)CNC(=O)CN)C(=O)N[C@H](C(=O)N[C@@H](CCCN=C(N)N)C(=O)N[C@@H](CC(N)=O)C(=O)N[C@@H](CO)C(=O)N[C@@H](Cc1ccc(O)cc1)C(=O)N[C@@H](Cc1ccccc1)C(=O)O)[C@@H](C)O. The number of primary amides is 1. The predicted octanol–water partition coefficient (Wildman–Crippen LogP) is -7.44. The van der Waals surface area contributed by atoms with Crippen LogP contribution in [0, 0.1) is 5.92 Å². The van der Waals surface area contributed by atoms with Gasteiger partial charge in [-0.1, -0.05) is 62.7 Å². The van der Waals surface area contributed by atoms with E-state index < -0.39 is 158 Å². The summed E-state index contributed by atoms with van der Waals surface area (Å²) in [6, 6.07) is 0.253. The molecule has 0 aliphatic rings. The number of aromatic hydroxyl groups is 1. The fourth-order valence-electron chi connectivity index (χ4n) is 7.15. The molecule has 430 valence electrons. The number of nitrogens with two attached hydrogens (primary N) is 4. The number of phenols is 1. The van der Waals surface area contributed by atoms with Gasteiger partial charge in [0.25, 0.3) is 0 Å². The van der Waals surface area contributed by atoms with Gasteiger partial charge in [-0.3, -0.25) is 52.9 Å². The number of aliphatic imine (C=N–C) groups is 1. The van der Waals surface area contributed by atoms with Crippen LogP contribution in [0.3, 0.4) is 0 Å². The molecule has 22 N–H and O–H groups in total. The minimum atomic E-state index is -1.93. The van der Waals surface area contributed by atoms with E-state index in [0.29, 0.717) is 11.1 Å². The van der Waals surface area contributed by atoms with Gasteiger partial charge in [-0.25, -0.2) is 4.79 Å². The summed E-state index contributed by atoms with van der Waals surface area (Å²) in [7, 11) is 0. The Morgan fingerprint density at radius 3 is 1.60 bits per heavy atom. The molecule has 0 aliphatic carbocycles. The first-order chi connectivity index (χ1) is 36.8. The Kier molecular flexibility index (Phi) is 28.2. The summed E-state index contributed by atoms with van der Waals surface area (Å²) in [5.74, 6) is -13.2. The lowest BCUT2D eigenvalue weighted by Gasteiger charge is -2.30. The number of carbonyl (C=O) groups excluding carboxylic acids is 10. The number of carboxylic acid groups (broad SMARTS) is 1. The molecule has 0 unspecified atom stereocenters. The van der Waals surface area contributed by atoms with E-state index in [2.05, 4.69) is 52.8 Å². The molecule has 0 fully saturated rings. The van der Waals surface area contributed by atoms with Crippen molar-refractivity contribution in [2.24, 2.45) is 33.8 Å². The van der Waals surface area contributed by atoms with Crippen LogP contribution >= 0.6 is 0 Å². The van der Waals surface area contributed by atoms with Crippen LogP contribution in [0.5, 0.6) is 5.75 Å². The van der Waals surface area contributed by atoms with Gasteiger partial charge in [0.2, 0.25) is 59.1 Å². The summed E-state index contributed by atoms with van der Waals surface area (Å²) in [6.45, 7) is 1.09. The maximum atomic E-state index is 14.0. The molecule has 0 spiro atoms. The zero-order chi connectivity index (χ0) is 58.6. The van der Waals surface area contributed by atoms with Gasteiger partial charge in [-0.2, -0.15) is 0 Å². The number of carboxylic acids is 1. The fourth-order valence-corrected chi connectivity index (χ4v) is 7.15. The van der Waals surface area contributed by atoms with Crippen LogP contribution in [-0.4, -0.2) is 184 Å². The average Bonchev–Trinajstić information content (AvgIpc) is 3.39. The smallest absolute Gasteiger partial charge is 0.326 e. The third kappa shape index (κ3) is 23.2. The summed E-state index contributed by atoms with van der Waals surface area (Å²) in [5.41, 5.74) is 22.4. The topological polar surface area (TPSA) is 514 Å². The summed E-state index contributed by atoms with van der Waals surface area (Å²) in [4.78, 5) is 149.